The number of nitrogens with one attached hydrogen (secondary N) is 2. The Morgan fingerprint density at radius 1 is 0.814 bits per heavy atom. The van der Waals surface area contributed by atoms with E-state index in [2.05, 4.69) is 10.6 Å². The molecule has 0 aliphatic heterocycles. The summed E-state index contributed by atoms with van der Waals surface area (Å²) in [6.45, 7) is 4.06. The topological polar surface area (TPSA) is 114 Å². The lowest BCUT2D eigenvalue weighted by atomic mass is 9.77. The van der Waals surface area contributed by atoms with Gasteiger partial charge in [0.15, 0.2) is 0 Å². The second kappa shape index (κ2) is 12.7. The minimum Gasteiger partial charge on any atom is -0.507 e. The van der Waals surface area contributed by atoms with Crippen molar-refractivity contribution in [2.24, 2.45) is 5.41 Å². The van der Waals surface area contributed by atoms with Gasteiger partial charge in [0.1, 0.15) is 11.9 Å². The molecule has 0 aromatic heterocycles. The van der Waals surface area contributed by atoms with Gasteiger partial charge in [0.2, 0.25) is 5.91 Å². The van der Waals surface area contributed by atoms with Crippen LogP contribution in [0, 0.1) is 5.41 Å². The Morgan fingerprint density at radius 3 is 2.26 bits per heavy atom. The number of nitrogens with two attached hydrogens (primary N) is 1. The summed E-state index contributed by atoms with van der Waals surface area (Å²) in [7, 11) is 0. The number of rotatable bonds is 9. The molecule has 0 spiro atoms. The minimum absolute atomic E-state index is 0.157. The molecule has 0 saturated heterocycles. The molecule has 0 saturated carbocycles. The highest BCUT2D eigenvalue weighted by Gasteiger charge is 2.35. The van der Waals surface area contributed by atoms with Crippen LogP contribution in [-0.2, 0) is 9.53 Å². The Morgan fingerprint density at radius 2 is 1.47 bits per heavy atom. The van der Waals surface area contributed by atoms with Crippen LogP contribution in [0.25, 0.3) is 21.5 Å². The van der Waals surface area contributed by atoms with Gasteiger partial charge in [-0.2, -0.15) is 0 Å². The molecular weight excluding hydrogens is 538 g/mol. The van der Waals surface area contributed by atoms with Crippen molar-refractivity contribution in [3.05, 3.63) is 121 Å². The van der Waals surface area contributed by atoms with Crippen molar-refractivity contribution in [1.29, 1.82) is 0 Å². The molecule has 0 unspecified atom stereocenters. The Kier molecular flexibility index (Phi) is 8.62. The molecule has 5 N–H and O–H groups in total. The van der Waals surface area contributed by atoms with E-state index in [-0.39, 0.29) is 11.7 Å². The quantitative estimate of drug-likeness (QED) is 0.104. The lowest BCUT2D eigenvalue weighted by molar-refractivity contribution is -0.111. The molecule has 43 heavy (non-hydrogen) atoms. The third kappa shape index (κ3) is 6.79. The van der Waals surface area contributed by atoms with E-state index in [0.29, 0.717) is 35.3 Å². The summed E-state index contributed by atoms with van der Waals surface area (Å²) in [6.07, 6.45) is 3.21. The first-order valence-corrected chi connectivity index (χ1v) is 14.2. The Labute approximate surface area is 251 Å². The highest BCUT2D eigenvalue weighted by atomic mass is 16.6. The number of hydrogen-bond acceptors (Lipinski definition) is 5. The smallest absolute Gasteiger partial charge is 0.412 e. The first-order chi connectivity index (χ1) is 20.7. The number of phenols is 1. The normalized spacial score (nSPS) is 12.3. The largest absolute Gasteiger partial charge is 0.507 e. The van der Waals surface area contributed by atoms with Gasteiger partial charge in [-0.3, -0.25) is 10.1 Å². The number of carbonyl (C=O) groups excluding carboxylic acids is 2. The minimum atomic E-state index is -0.667. The molecule has 5 aromatic carbocycles. The summed E-state index contributed by atoms with van der Waals surface area (Å²) >= 11 is 0. The van der Waals surface area contributed by atoms with Crippen molar-refractivity contribution in [2.75, 3.05) is 16.4 Å². The molecule has 5 rings (SSSR count). The van der Waals surface area contributed by atoms with Crippen LogP contribution in [0.1, 0.15) is 38.4 Å². The molecule has 5 aromatic rings. The van der Waals surface area contributed by atoms with Gasteiger partial charge in [-0.15, -0.1) is 0 Å². The lowest BCUT2D eigenvalue weighted by Gasteiger charge is -2.35. The van der Waals surface area contributed by atoms with Crippen LogP contribution in [0.2, 0.25) is 0 Å². The third-order valence-corrected chi connectivity index (χ3v) is 7.62. The maximum Gasteiger partial charge on any atom is 0.412 e. The number of aromatic hydroxyl groups is 1. The van der Waals surface area contributed by atoms with Crippen LogP contribution in [0.3, 0.4) is 0 Å². The van der Waals surface area contributed by atoms with E-state index >= 15 is 0 Å². The summed E-state index contributed by atoms with van der Waals surface area (Å²) in [4.78, 5) is 25.9. The zero-order valence-electron chi connectivity index (χ0n) is 24.2. The number of nitrogen functional groups attached to an aromatic ring is 1. The average Bonchev–Trinajstić information content (AvgIpc) is 3.00. The first kappa shape index (κ1) is 29.2. The van der Waals surface area contributed by atoms with E-state index in [1.165, 1.54) is 6.08 Å². The molecule has 0 aliphatic rings. The van der Waals surface area contributed by atoms with E-state index in [4.69, 9.17) is 10.5 Å². The molecule has 2 amide bonds. The summed E-state index contributed by atoms with van der Waals surface area (Å²) in [5.74, 6) is -0.119. The predicted molar refractivity (Wildman–Crippen MR) is 174 cm³/mol. The molecule has 0 heterocycles. The Balaban J connectivity index is 1.38. The monoisotopic (exact) mass is 573 g/mol. The van der Waals surface area contributed by atoms with Gasteiger partial charge in [0, 0.05) is 21.8 Å². The number of anilines is 3. The number of fused-ring (bicyclic) bond motifs is 2. The molecule has 0 aliphatic carbocycles. The molecule has 7 nitrogen and oxygen atoms in total. The fourth-order valence-electron chi connectivity index (χ4n) is 5.32. The van der Waals surface area contributed by atoms with E-state index in [0.717, 1.165) is 21.7 Å². The summed E-state index contributed by atoms with van der Waals surface area (Å²) in [5, 5.41) is 19.7. The zero-order valence-corrected chi connectivity index (χ0v) is 24.2. The SMILES string of the molecule is CC(C)(CC/C=C/C(=O)Nc1ccccc1N)[C@@H](OC(=O)Nc1cccc2ccccc12)c1ccc(O)c2ccccc12. The van der Waals surface area contributed by atoms with Gasteiger partial charge in [-0.1, -0.05) is 98.8 Å². The summed E-state index contributed by atoms with van der Waals surface area (Å²) < 4.78 is 6.22. The fraction of sp³-hybridized carbons (Fsp3) is 0.167. The van der Waals surface area contributed by atoms with Crippen molar-refractivity contribution in [3.63, 3.8) is 0 Å². The van der Waals surface area contributed by atoms with Gasteiger partial charge in [0.25, 0.3) is 0 Å². The number of carbonyl (C=O) groups is 2. The molecule has 0 radical (unpaired) electrons. The highest BCUT2D eigenvalue weighted by molar-refractivity contribution is 6.01. The number of ether oxygens (including phenoxy) is 1. The van der Waals surface area contributed by atoms with Crippen molar-refractivity contribution in [2.45, 2.75) is 32.8 Å². The Bertz CT molecular complexity index is 1810. The molecule has 7 heteroatoms. The maximum atomic E-state index is 13.5. The predicted octanol–water partition coefficient (Wildman–Crippen LogP) is 8.57. The van der Waals surface area contributed by atoms with Gasteiger partial charge in [-0.25, -0.2) is 4.79 Å². The van der Waals surface area contributed by atoms with Crippen molar-refractivity contribution >= 4 is 50.6 Å². The highest BCUT2D eigenvalue weighted by Crippen LogP contribution is 2.44. The Hall–Kier alpha value is -5.30. The van der Waals surface area contributed by atoms with Crippen molar-refractivity contribution in [1.82, 2.24) is 0 Å². The van der Waals surface area contributed by atoms with Crippen LogP contribution in [-0.4, -0.2) is 17.1 Å². The second-order valence-electron chi connectivity index (χ2n) is 11.2. The molecular formula is C36H35N3O4. The van der Waals surface area contributed by atoms with Gasteiger partial charge >= 0.3 is 6.09 Å². The third-order valence-electron chi connectivity index (χ3n) is 7.62. The molecule has 0 bridgehead atoms. The fourth-order valence-corrected chi connectivity index (χ4v) is 5.32. The summed E-state index contributed by atoms with van der Waals surface area (Å²) in [6, 6.07) is 31.6. The van der Waals surface area contributed by atoms with Crippen LogP contribution < -0.4 is 16.4 Å². The maximum absolute atomic E-state index is 13.5. The number of allylic oxidation sites excluding steroid dienone is 1. The van der Waals surface area contributed by atoms with E-state index in [1.807, 2.05) is 92.7 Å². The molecule has 1 atom stereocenters. The lowest BCUT2D eigenvalue weighted by Crippen LogP contribution is -2.29. The standard InChI is InChI=1S/C36H35N3O4/c1-36(2,23-10-9-20-33(41)38-31-18-8-7-17-29(31)37)34(28-21-22-32(40)27-16-6-5-15-26(27)28)43-35(42)39-30-19-11-13-24-12-3-4-14-25(24)30/h3-9,11-22,34,40H,10,23,37H2,1-2H3,(H,38,41)(H,39,42)/b20-9+/t34-/m0/s1. The molecule has 218 valence electrons. The van der Waals surface area contributed by atoms with Crippen LogP contribution in [0.4, 0.5) is 21.9 Å². The zero-order chi connectivity index (χ0) is 30.4. The van der Waals surface area contributed by atoms with Crippen LogP contribution in [0.5, 0.6) is 5.75 Å². The van der Waals surface area contributed by atoms with Crippen molar-refractivity contribution in [3.8, 4) is 5.75 Å². The number of benzene rings is 5. The van der Waals surface area contributed by atoms with Gasteiger partial charge in [0.05, 0.1) is 17.1 Å². The van der Waals surface area contributed by atoms with Gasteiger partial charge in [-0.05, 0) is 54.0 Å². The first-order valence-electron chi connectivity index (χ1n) is 14.2. The number of phenolic OH excluding ortho intramolecular Hbond substituents is 1. The van der Waals surface area contributed by atoms with E-state index in [9.17, 15) is 14.7 Å². The van der Waals surface area contributed by atoms with Gasteiger partial charge < -0.3 is 20.9 Å². The average molecular weight is 574 g/mol. The van der Waals surface area contributed by atoms with Crippen molar-refractivity contribution < 1.29 is 19.4 Å². The molecule has 0 fully saturated rings. The number of para-hydroxylation sites is 2. The second-order valence-corrected chi connectivity index (χ2v) is 11.2. The number of amides is 2. The van der Waals surface area contributed by atoms with Crippen LogP contribution >= 0.6 is 0 Å². The van der Waals surface area contributed by atoms with E-state index < -0.39 is 17.6 Å². The summed E-state index contributed by atoms with van der Waals surface area (Å²) in [5.41, 5.74) is 7.87. The van der Waals surface area contributed by atoms with Crippen LogP contribution in [0.15, 0.2) is 115 Å². The number of hydrogen-bond donors (Lipinski definition) is 4. The van der Waals surface area contributed by atoms with E-state index in [1.54, 1.807) is 30.3 Å².